The third-order valence-corrected chi connectivity index (χ3v) is 7.00. The molecule has 0 saturated carbocycles. The molecule has 0 bridgehead atoms. The van der Waals surface area contributed by atoms with Crippen LogP contribution in [0.15, 0.2) is 30.8 Å². The van der Waals surface area contributed by atoms with E-state index in [1.807, 2.05) is 6.92 Å². The monoisotopic (exact) mass is 352 g/mol. The number of allylic oxidation sites excluding steroid dienone is 1. The van der Waals surface area contributed by atoms with Gasteiger partial charge in [0.05, 0.1) is 0 Å². The predicted octanol–water partition coefficient (Wildman–Crippen LogP) is 3.01. The molecule has 0 heterocycles. The van der Waals surface area contributed by atoms with Gasteiger partial charge in [0.1, 0.15) is 0 Å². The van der Waals surface area contributed by atoms with E-state index in [4.69, 9.17) is 13.3 Å². The minimum Gasteiger partial charge on any atom is -0.377 e. The SMILES string of the molecule is C=C(C)c1ccccc1N(C)CCNCCC[Si](OC)(OC)OC. The number of likely N-dealkylation sites (N-methyl/N-ethyl adjacent to an activating group) is 1. The number of anilines is 1. The lowest BCUT2D eigenvalue weighted by molar-refractivity contribution is 0.123. The molecular formula is C18H32N2O3Si. The first-order valence-corrected chi connectivity index (χ1v) is 10.2. The van der Waals surface area contributed by atoms with Crippen molar-refractivity contribution in [2.24, 2.45) is 0 Å². The van der Waals surface area contributed by atoms with Gasteiger partial charge in [-0.15, -0.1) is 0 Å². The van der Waals surface area contributed by atoms with Crippen LogP contribution in [0.25, 0.3) is 5.57 Å². The van der Waals surface area contributed by atoms with Crippen LogP contribution in [-0.2, 0) is 13.3 Å². The molecule has 0 saturated heterocycles. The molecule has 1 N–H and O–H groups in total. The van der Waals surface area contributed by atoms with Gasteiger partial charge in [0.25, 0.3) is 0 Å². The Hall–Kier alpha value is -1.18. The average molecular weight is 353 g/mol. The molecule has 0 aliphatic carbocycles. The summed E-state index contributed by atoms with van der Waals surface area (Å²) in [7, 11) is 4.64. The summed E-state index contributed by atoms with van der Waals surface area (Å²) in [6, 6.07) is 9.19. The van der Waals surface area contributed by atoms with Crippen molar-refractivity contribution in [2.75, 3.05) is 52.9 Å². The molecule has 0 radical (unpaired) electrons. The van der Waals surface area contributed by atoms with Gasteiger partial charge in [-0.3, -0.25) is 0 Å². The zero-order valence-electron chi connectivity index (χ0n) is 15.7. The summed E-state index contributed by atoms with van der Waals surface area (Å²) in [5.74, 6) is 0. The van der Waals surface area contributed by atoms with Crippen LogP contribution in [0.3, 0.4) is 0 Å². The second-order valence-corrected chi connectivity index (χ2v) is 8.96. The summed E-state index contributed by atoms with van der Waals surface area (Å²) in [5, 5.41) is 3.47. The molecule has 1 rings (SSSR count). The lowest BCUT2D eigenvalue weighted by atomic mass is 10.1. The van der Waals surface area contributed by atoms with Crippen molar-refractivity contribution in [3.8, 4) is 0 Å². The molecule has 5 nitrogen and oxygen atoms in total. The van der Waals surface area contributed by atoms with E-state index in [-0.39, 0.29) is 0 Å². The van der Waals surface area contributed by atoms with Crippen molar-refractivity contribution in [2.45, 2.75) is 19.4 Å². The van der Waals surface area contributed by atoms with Crippen molar-refractivity contribution in [1.29, 1.82) is 0 Å². The topological polar surface area (TPSA) is 43.0 Å². The highest BCUT2D eigenvalue weighted by atomic mass is 28.4. The lowest BCUT2D eigenvalue weighted by Gasteiger charge is -2.25. The summed E-state index contributed by atoms with van der Waals surface area (Å²) < 4.78 is 16.3. The number of hydrogen-bond donors (Lipinski definition) is 1. The van der Waals surface area contributed by atoms with Crippen LogP contribution >= 0.6 is 0 Å². The molecule has 24 heavy (non-hydrogen) atoms. The van der Waals surface area contributed by atoms with E-state index < -0.39 is 8.80 Å². The van der Waals surface area contributed by atoms with Crippen molar-refractivity contribution in [3.63, 3.8) is 0 Å². The molecule has 0 atom stereocenters. The molecule has 1 aromatic carbocycles. The Morgan fingerprint density at radius 3 is 2.33 bits per heavy atom. The highest BCUT2D eigenvalue weighted by molar-refractivity contribution is 6.60. The molecule has 0 aromatic heterocycles. The summed E-state index contributed by atoms with van der Waals surface area (Å²) in [4.78, 5) is 2.26. The van der Waals surface area contributed by atoms with E-state index in [0.717, 1.165) is 37.7 Å². The van der Waals surface area contributed by atoms with Gasteiger partial charge >= 0.3 is 8.80 Å². The van der Waals surface area contributed by atoms with E-state index in [9.17, 15) is 0 Å². The number of para-hydroxylation sites is 1. The largest absolute Gasteiger partial charge is 0.500 e. The molecule has 0 aliphatic heterocycles. The third kappa shape index (κ3) is 6.03. The van der Waals surface area contributed by atoms with E-state index in [0.29, 0.717) is 0 Å². The van der Waals surface area contributed by atoms with Crippen LogP contribution in [0, 0.1) is 0 Å². The van der Waals surface area contributed by atoms with Crippen LogP contribution in [0.1, 0.15) is 18.9 Å². The molecule has 0 amide bonds. The molecule has 136 valence electrons. The second kappa shape index (κ2) is 10.6. The maximum absolute atomic E-state index is 5.42. The third-order valence-electron chi connectivity index (χ3n) is 4.17. The van der Waals surface area contributed by atoms with Crippen LogP contribution in [0.4, 0.5) is 5.69 Å². The van der Waals surface area contributed by atoms with Crippen LogP contribution in [0.5, 0.6) is 0 Å². The van der Waals surface area contributed by atoms with Crippen LogP contribution < -0.4 is 10.2 Å². The smallest absolute Gasteiger partial charge is 0.377 e. The highest BCUT2D eigenvalue weighted by Crippen LogP contribution is 2.24. The molecule has 0 spiro atoms. The fraction of sp³-hybridized carbons (Fsp3) is 0.556. The van der Waals surface area contributed by atoms with Crippen LogP contribution in [0.2, 0.25) is 6.04 Å². The fourth-order valence-corrected chi connectivity index (χ4v) is 4.37. The van der Waals surface area contributed by atoms with Gasteiger partial charge in [-0.05, 0) is 31.5 Å². The minimum atomic E-state index is -2.43. The Kier molecular flexibility index (Phi) is 9.24. The molecule has 6 heteroatoms. The number of rotatable bonds is 12. The zero-order chi connectivity index (χ0) is 18.0. The molecule has 1 aromatic rings. The van der Waals surface area contributed by atoms with Crippen molar-refractivity contribution in [1.82, 2.24) is 5.32 Å². The number of benzene rings is 1. The molecule has 0 fully saturated rings. The fourth-order valence-electron chi connectivity index (χ4n) is 2.65. The highest BCUT2D eigenvalue weighted by Gasteiger charge is 2.36. The van der Waals surface area contributed by atoms with Crippen LogP contribution in [-0.4, -0.2) is 56.8 Å². The van der Waals surface area contributed by atoms with Gasteiger partial charge in [0.15, 0.2) is 0 Å². The van der Waals surface area contributed by atoms with E-state index in [2.05, 4.69) is 48.1 Å². The van der Waals surface area contributed by atoms with Gasteiger partial charge in [-0.1, -0.05) is 24.8 Å². The maximum atomic E-state index is 5.42. The summed E-state index contributed by atoms with van der Waals surface area (Å²) in [5.41, 5.74) is 3.51. The normalized spacial score (nSPS) is 11.5. The predicted molar refractivity (Wildman–Crippen MR) is 103 cm³/mol. The Morgan fingerprint density at radius 2 is 1.75 bits per heavy atom. The molecule has 0 unspecified atom stereocenters. The first-order valence-electron chi connectivity index (χ1n) is 8.32. The Labute approximate surface area is 148 Å². The van der Waals surface area contributed by atoms with E-state index in [1.165, 1.54) is 11.3 Å². The minimum absolute atomic E-state index is 0.817. The van der Waals surface area contributed by atoms with Gasteiger partial charge < -0.3 is 23.5 Å². The Morgan fingerprint density at radius 1 is 1.12 bits per heavy atom. The average Bonchev–Trinajstić information content (AvgIpc) is 2.61. The molecular weight excluding hydrogens is 320 g/mol. The van der Waals surface area contributed by atoms with Gasteiger partial charge in [-0.2, -0.15) is 0 Å². The summed E-state index contributed by atoms with van der Waals surface area (Å²) in [6.45, 7) is 8.88. The number of nitrogens with one attached hydrogen (secondary N) is 1. The van der Waals surface area contributed by atoms with E-state index >= 15 is 0 Å². The number of nitrogens with zero attached hydrogens (tertiary/aromatic N) is 1. The molecule has 0 aliphatic rings. The van der Waals surface area contributed by atoms with Crippen molar-refractivity contribution in [3.05, 3.63) is 36.4 Å². The summed E-state index contributed by atoms with van der Waals surface area (Å²) >= 11 is 0. The Bertz CT molecular complexity index is 499. The maximum Gasteiger partial charge on any atom is 0.500 e. The number of hydrogen-bond acceptors (Lipinski definition) is 5. The lowest BCUT2D eigenvalue weighted by Crippen LogP contribution is -2.43. The van der Waals surface area contributed by atoms with E-state index in [1.54, 1.807) is 21.3 Å². The first kappa shape index (κ1) is 20.9. The first-order chi connectivity index (χ1) is 11.5. The van der Waals surface area contributed by atoms with Crippen molar-refractivity contribution < 1.29 is 13.3 Å². The summed E-state index contributed by atoms with van der Waals surface area (Å²) in [6.07, 6.45) is 0.966. The Balaban J connectivity index is 2.35. The standard InChI is InChI=1S/C18H32N2O3Si/c1-16(2)17-10-7-8-11-18(17)20(3)14-13-19-12-9-15-24(21-4,22-5)23-6/h7-8,10-11,19H,1,9,12-15H2,2-6H3. The van der Waals surface area contributed by atoms with Gasteiger partial charge in [-0.25, -0.2) is 0 Å². The van der Waals surface area contributed by atoms with Crippen molar-refractivity contribution >= 4 is 20.1 Å². The zero-order valence-corrected chi connectivity index (χ0v) is 16.7. The quantitative estimate of drug-likeness (QED) is 0.463. The van der Waals surface area contributed by atoms with Gasteiger partial charge in [0.2, 0.25) is 0 Å². The second-order valence-electron chi connectivity index (χ2n) is 5.87. The van der Waals surface area contributed by atoms with Gasteiger partial charge in [0, 0.05) is 58.8 Å².